The van der Waals surface area contributed by atoms with Gasteiger partial charge in [0.2, 0.25) is 5.91 Å². The van der Waals surface area contributed by atoms with Gasteiger partial charge in [0.1, 0.15) is 0 Å². The van der Waals surface area contributed by atoms with Crippen molar-refractivity contribution in [2.75, 3.05) is 20.2 Å². The molecule has 0 saturated carbocycles. The number of carbonyl (C=O) groups is 2. The predicted molar refractivity (Wildman–Crippen MR) is 76.4 cm³/mol. The molecule has 0 radical (unpaired) electrons. The van der Waals surface area contributed by atoms with E-state index in [2.05, 4.69) is 0 Å². The maximum absolute atomic E-state index is 12.4. The Bertz CT molecular complexity index is 373. The Balaban J connectivity index is 2.74. The third-order valence-electron chi connectivity index (χ3n) is 3.65. The van der Waals surface area contributed by atoms with Gasteiger partial charge in [0.25, 0.3) is 0 Å². The van der Waals surface area contributed by atoms with E-state index >= 15 is 0 Å². The molecule has 2 N–H and O–H groups in total. The highest BCUT2D eigenvalue weighted by molar-refractivity contribution is 7.80. The fourth-order valence-corrected chi connectivity index (χ4v) is 2.72. The minimum absolute atomic E-state index is 0.0624. The SMILES string of the molecule is CCCC(C(=O)N1CC(C)C(C(=O)OC)C1)C(N)=S. The van der Waals surface area contributed by atoms with Gasteiger partial charge in [0.05, 0.1) is 23.9 Å². The smallest absolute Gasteiger partial charge is 0.310 e. The molecule has 0 aromatic rings. The summed E-state index contributed by atoms with van der Waals surface area (Å²) in [5, 5.41) is 0. The average molecular weight is 286 g/mol. The molecular formula is C13H22N2O3S. The Morgan fingerprint density at radius 2 is 2.11 bits per heavy atom. The quantitative estimate of drug-likeness (QED) is 0.602. The van der Waals surface area contributed by atoms with Crippen LogP contribution in [0.2, 0.25) is 0 Å². The number of nitrogens with two attached hydrogens (primary N) is 1. The van der Waals surface area contributed by atoms with Gasteiger partial charge >= 0.3 is 5.97 Å². The van der Waals surface area contributed by atoms with Crippen molar-refractivity contribution >= 4 is 29.1 Å². The summed E-state index contributed by atoms with van der Waals surface area (Å²) in [4.78, 5) is 25.9. The zero-order valence-electron chi connectivity index (χ0n) is 11.7. The first-order chi connectivity index (χ1) is 8.92. The topological polar surface area (TPSA) is 72.6 Å². The molecule has 3 atom stereocenters. The van der Waals surface area contributed by atoms with Gasteiger partial charge in [-0.15, -0.1) is 0 Å². The molecule has 3 unspecified atom stereocenters. The number of esters is 1. The van der Waals surface area contributed by atoms with E-state index in [1.54, 1.807) is 4.90 Å². The lowest BCUT2D eigenvalue weighted by Gasteiger charge is -2.22. The van der Waals surface area contributed by atoms with Crippen LogP contribution < -0.4 is 5.73 Å². The summed E-state index contributed by atoms with van der Waals surface area (Å²) in [5.41, 5.74) is 5.64. The van der Waals surface area contributed by atoms with Crippen LogP contribution in [0, 0.1) is 17.8 Å². The summed E-state index contributed by atoms with van der Waals surface area (Å²) in [6.45, 7) is 4.89. The summed E-state index contributed by atoms with van der Waals surface area (Å²) in [6, 6.07) is 0. The third-order valence-corrected chi connectivity index (χ3v) is 3.93. The highest BCUT2D eigenvalue weighted by Gasteiger charge is 2.39. The van der Waals surface area contributed by atoms with Crippen LogP contribution in [0.4, 0.5) is 0 Å². The molecular weight excluding hydrogens is 264 g/mol. The van der Waals surface area contributed by atoms with Crippen LogP contribution in [0.1, 0.15) is 26.7 Å². The minimum Gasteiger partial charge on any atom is -0.469 e. The molecule has 6 heteroatoms. The number of ether oxygens (including phenoxy) is 1. The molecule has 0 aromatic heterocycles. The van der Waals surface area contributed by atoms with E-state index in [9.17, 15) is 9.59 Å². The van der Waals surface area contributed by atoms with E-state index in [0.29, 0.717) is 19.5 Å². The largest absolute Gasteiger partial charge is 0.469 e. The van der Waals surface area contributed by atoms with Gasteiger partial charge < -0.3 is 15.4 Å². The molecule has 1 aliphatic heterocycles. The molecule has 108 valence electrons. The second-order valence-electron chi connectivity index (χ2n) is 5.09. The van der Waals surface area contributed by atoms with E-state index < -0.39 is 5.92 Å². The van der Waals surface area contributed by atoms with E-state index in [1.807, 2.05) is 13.8 Å². The number of nitrogens with zero attached hydrogens (tertiary/aromatic N) is 1. The van der Waals surface area contributed by atoms with Crippen LogP contribution in [0.3, 0.4) is 0 Å². The zero-order valence-corrected chi connectivity index (χ0v) is 12.5. The summed E-state index contributed by atoms with van der Waals surface area (Å²) in [5.74, 6) is -0.881. The molecule has 19 heavy (non-hydrogen) atoms. The normalized spacial score (nSPS) is 24.1. The van der Waals surface area contributed by atoms with Crippen molar-refractivity contribution in [1.29, 1.82) is 0 Å². The summed E-state index contributed by atoms with van der Waals surface area (Å²) in [7, 11) is 1.37. The monoisotopic (exact) mass is 286 g/mol. The number of methoxy groups -OCH3 is 1. The molecule has 1 rings (SSSR count). The lowest BCUT2D eigenvalue weighted by Crippen LogP contribution is -2.40. The molecule has 1 amide bonds. The second-order valence-corrected chi connectivity index (χ2v) is 5.57. The van der Waals surface area contributed by atoms with Crippen molar-refractivity contribution in [3.8, 4) is 0 Å². The Labute approximate surface area is 119 Å². The summed E-state index contributed by atoms with van der Waals surface area (Å²) in [6.07, 6.45) is 1.50. The molecule has 1 fully saturated rings. The highest BCUT2D eigenvalue weighted by atomic mass is 32.1. The molecule has 1 heterocycles. The van der Waals surface area contributed by atoms with Crippen molar-refractivity contribution in [2.24, 2.45) is 23.5 Å². The van der Waals surface area contributed by atoms with Crippen molar-refractivity contribution in [2.45, 2.75) is 26.7 Å². The van der Waals surface area contributed by atoms with Gasteiger partial charge in [-0.1, -0.05) is 32.5 Å². The number of amides is 1. The standard InChI is InChI=1S/C13H22N2O3S/c1-4-5-9(11(14)19)12(16)15-6-8(2)10(7-15)13(17)18-3/h8-10H,4-7H2,1-3H3,(H2,14,19). The van der Waals surface area contributed by atoms with E-state index in [0.717, 1.165) is 6.42 Å². The van der Waals surface area contributed by atoms with E-state index in [1.165, 1.54) is 7.11 Å². The van der Waals surface area contributed by atoms with Crippen LogP contribution in [-0.4, -0.2) is 42.0 Å². The van der Waals surface area contributed by atoms with Crippen molar-refractivity contribution in [3.05, 3.63) is 0 Å². The molecule has 0 aliphatic carbocycles. The fourth-order valence-electron chi connectivity index (χ4n) is 2.50. The Morgan fingerprint density at radius 1 is 1.47 bits per heavy atom. The predicted octanol–water partition coefficient (Wildman–Crippen LogP) is 0.956. The van der Waals surface area contributed by atoms with Gasteiger partial charge in [-0.3, -0.25) is 9.59 Å². The maximum atomic E-state index is 12.4. The first-order valence-corrected chi connectivity index (χ1v) is 6.99. The van der Waals surface area contributed by atoms with Crippen LogP contribution in [-0.2, 0) is 14.3 Å². The minimum atomic E-state index is -0.413. The Morgan fingerprint density at radius 3 is 2.58 bits per heavy atom. The first kappa shape index (κ1) is 15.9. The number of carbonyl (C=O) groups excluding carboxylic acids is 2. The van der Waals surface area contributed by atoms with Gasteiger partial charge in [-0.25, -0.2) is 0 Å². The average Bonchev–Trinajstić information content (AvgIpc) is 2.76. The molecule has 1 aliphatic rings. The first-order valence-electron chi connectivity index (χ1n) is 6.58. The molecule has 0 spiro atoms. The molecule has 0 aromatic carbocycles. The lowest BCUT2D eigenvalue weighted by molar-refractivity contribution is -0.146. The number of hydrogen-bond acceptors (Lipinski definition) is 4. The fraction of sp³-hybridized carbons (Fsp3) is 0.769. The summed E-state index contributed by atoms with van der Waals surface area (Å²) >= 11 is 4.97. The van der Waals surface area contributed by atoms with Crippen LogP contribution in [0.25, 0.3) is 0 Å². The molecule has 1 saturated heterocycles. The third kappa shape index (κ3) is 3.65. The van der Waals surface area contributed by atoms with Gasteiger partial charge in [-0.05, 0) is 12.3 Å². The Kier molecular flexibility index (Phi) is 5.72. The number of hydrogen-bond donors (Lipinski definition) is 1. The van der Waals surface area contributed by atoms with E-state index in [-0.39, 0.29) is 28.7 Å². The van der Waals surface area contributed by atoms with Gasteiger partial charge in [0, 0.05) is 13.1 Å². The zero-order chi connectivity index (χ0) is 14.6. The summed E-state index contributed by atoms with van der Waals surface area (Å²) < 4.78 is 4.76. The Hall–Kier alpha value is -1.17. The highest BCUT2D eigenvalue weighted by Crippen LogP contribution is 2.26. The number of rotatable bonds is 5. The number of likely N-dealkylation sites (tertiary alicyclic amines) is 1. The van der Waals surface area contributed by atoms with Crippen LogP contribution >= 0.6 is 12.2 Å². The van der Waals surface area contributed by atoms with Crippen molar-refractivity contribution < 1.29 is 14.3 Å². The maximum Gasteiger partial charge on any atom is 0.310 e. The van der Waals surface area contributed by atoms with Crippen LogP contribution in [0.15, 0.2) is 0 Å². The van der Waals surface area contributed by atoms with Crippen LogP contribution in [0.5, 0.6) is 0 Å². The number of thiocarbonyl (C=S) groups is 1. The lowest BCUT2D eigenvalue weighted by atomic mass is 9.99. The van der Waals surface area contributed by atoms with Crippen molar-refractivity contribution in [1.82, 2.24) is 4.90 Å². The molecule has 0 bridgehead atoms. The second kappa shape index (κ2) is 6.84. The van der Waals surface area contributed by atoms with Crippen molar-refractivity contribution in [3.63, 3.8) is 0 Å². The van der Waals surface area contributed by atoms with Gasteiger partial charge in [-0.2, -0.15) is 0 Å². The van der Waals surface area contributed by atoms with Gasteiger partial charge in [0.15, 0.2) is 0 Å². The van der Waals surface area contributed by atoms with E-state index in [4.69, 9.17) is 22.7 Å². The molecule has 5 nitrogen and oxygen atoms in total.